The van der Waals surface area contributed by atoms with E-state index < -0.39 is 77.7 Å². The SMILES string of the molecule is CC(C)[C@@H]1NC(=O)[C@@H]2CCCN2C(=O)[C@H](C[C@@H](C)C(=O)O)OC(=O)CCNC(=O)[C@H](C)N(C)C(=O)[C@H](C(C)C)N(C)C1=O. The van der Waals surface area contributed by atoms with Gasteiger partial charge in [-0.1, -0.05) is 34.6 Å². The predicted octanol–water partition coefficient (Wildman–Crippen LogP) is -0.00940. The van der Waals surface area contributed by atoms with Gasteiger partial charge in [-0.25, -0.2) is 0 Å². The van der Waals surface area contributed by atoms with Crippen LogP contribution in [0.15, 0.2) is 0 Å². The number of fused-ring (bicyclic) bond motifs is 1. The molecular weight excluding hydrogens is 562 g/mol. The summed E-state index contributed by atoms with van der Waals surface area (Å²) in [6, 6.07) is -3.89. The number of hydrogen-bond acceptors (Lipinski definition) is 8. The second-order valence-electron chi connectivity index (χ2n) is 12.2. The van der Waals surface area contributed by atoms with Crippen LogP contribution in [0.3, 0.4) is 0 Å². The molecule has 3 N–H and O–H groups in total. The maximum Gasteiger partial charge on any atom is 0.308 e. The third-order valence-electron chi connectivity index (χ3n) is 8.19. The number of carboxylic acids is 1. The van der Waals surface area contributed by atoms with Crippen LogP contribution in [0.2, 0.25) is 0 Å². The molecule has 14 heteroatoms. The molecule has 2 aliphatic heterocycles. The zero-order valence-corrected chi connectivity index (χ0v) is 26.4. The Morgan fingerprint density at radius 2 is 1.56 bits per heavy atom. The van der Waals surface area contributed by atoms with E-state index in [0.717, 1.165) is 0 Å². The molecule has 0 aromatic heterocycles. The van der Waals surface area contributed by atoms with Gasteiger partial charge < -0.3 is 35.2 Å². The van der Waals surface area contributed by atoms with Gasteiger partial charge in [0.25, 0.3) is 5.91 Å². The highest BCUT2D eigenvalue weighted by molar-refractivity contribution is 5.96. The second kappa shape index (κ2) is 15.1. The number of amides is 5. The summed E-state index contributed by atoms with van der Waals surface area (Å²) in [7, 11) is 2.93. The lowest BCUT2D eigenvalue weighted by atomic mass is 9.97. The molecule has 0 unspecified atom stereocenters. The van der Waals surface area contributed by atoms with E-state index in [2.05, 4.69) is 10.6 Å². The van der Waals surface area contributed by atoms with Gasteiger partial charge in [-0.15, -0.1) is 0 Å². The summed E-state index contributed by atoms with van der Waals surface area (Å²) < 4.78 is 5.42. The highest BCUT2D eigenvalue weighted by atomic mass is 16.5. The quantitative estimate of drug-likeness (QED) is 0.361. The van der Waals surface area contributed by atoms with Gasteiger partial charge in [-0.3, -0.25) is 33.6 Å². The molecule has 0 aliphatic carbocycles. The van der Waals surface area contributed by atoms with Crippen molar-refractivity contribution in [3.63, 3.8) is 0 Å². The van der Waals surface area contributed by atoms with E-state index in [-0.39, 0.29) is 37.8 Å². The largest absolute Gasteiger partial charge is 0.481 e. The van der Waals surface area contributed by atoms with Crippen LogP contribution in [0.25, 0.3) is 0 Å². The van der Waals surface area contributed by atoms with Gasteiger partial charge >= 0.3 is 11.9 Å². The lowest BCUT2D eigenvalue weighted by Gasteiger charge is -2.37. The number of carbonyl (C=O) groups is 7. The predicted molar refractivity (Wildman–Crippen MR) is 154 cm³/mol. The zero-order valence-electron chi connectivity index (χ0n) is 26.4. The van der Waals surface area contributed by atoms with Gasteiger partial charge in [0.15, 0.2) is 6.10 Å². The lowest BCUT2D eigenvalue weighted by molar-refractivity contribution is -0.164. The fraction of sp³-hybridized carbons (Fsp3) is 0.759. The van der Waals surface area contributed by atoms with E-state index in [0.29, 0.717) is 12.8 Å². The number of cyclic esters (lactones) is 1. The average Bonchev–Trinajstić information content (AvgIpc) is 3.43. The first-order chi connectivity index (χ1) is 20.0. The Morgan fingerprint density at radius 3 is 2.12 bits per heavy atom. The van der Waals surface area contributed by atoms with E-state index in [1.165, 1.54) is 42.6 Å². The van der Waals surface area contributed by atoms with Crippen LogP contribution in [-0.2, 0) is 38.3 Å². The molecule has 2 aliphatic rings. The Balaban J connectivity index is 2.53. The van der Waals surface area contributed by atoms with Crippen LogP contribution < -0.4 is 10.6 Å². The van der Waals surface area contributed by atoms with Crippen molar-refractivity contribution in [1.29, 1.82) is 0 Å². The van der Waals surface area contributed by atoms with Crippen molar-refractivity contribution in [1.82, 2.24) is 25.3 Å². The van der Waals surface area contributed by atoms with Gasteiger partial charge in [0.1, 0.15) is 24.2 Å². The van der Waals surface area contributed by atoms with E-state index >= 15 is 0 Å². The average molecular weight is 610 g/mol. The van der Waals surface area contributed by atoms with E-state index in [1.807, 2.05) is 0 Å². The van der Waals surface area contributed by atoms with Crippen molar-refractivity contribution in [2.75, 3.05) is 27.2 Å². The maximum absolute atomic E-state index is 13.8. The number of esters is 1. The van der Waals surface area contributed by atoms with Gasteiger partial charge in [0.2, 0.25) is 23.6 Å². The Bertz CT molecular complexity index is 1090. The molecule has 0 aromatic rings. The minimum Gasteiger partial charge on any atom is -0.481 e. The van der Waals surface area contributed by atoms with Gasteiger partial charge in [0.05, 0.1) is 12.3 Å². The smallest absolute Gasteiger partial charge is 0.308 e. The molecule has 43 heavy (non-hydrogen) atoms. The van der Waals surface area contributed by atoms with E-state index in [4.69, 9.17) is 4.74 Å². The van der Waals surface area contributed by atoms with Crippen LogP contribution in [0.5, 0.6) is 0 Å². The number of likely N-dealkylation sites (N-methyl/N-ethyl adjacent to an activating group) is 2. The van der Waals surface area contributed by atoms with E-state index in [1.54, 1.807) is 27.7 Å². The maximum atomic E-state index is 13.8. The molecule has 6 atom stereocenters. The number of nitrogens with one attached hydrogen (secondary N) is 2. The molecule has 0 spiro atoms. The Morgan fingerprint density at radius 1 is 0.930 bits per heavy atom. The number of ether oxygens (including phenoxy) is 1. The summed E-state index contributed by atoms with van der Waals surface area (Å²) >= 11 is 0. The standard InChI is InChI=1S/C29H47N5O9/c1-15(2)22-27(39)33(8)23(16(3)4)28(40)32(7)18(6)24(36)30-12-11-21(35)43-20(14-17(5)29(41)42)26(38)34-13-9-10-19(34)25(37)31-22/h15-20,22-23H,9-14H2,1-8H3,(H,30,36)(H,31,37)(H,41,42)/t17-,18+,19+,20+,22+,23+/m1/s1. The number of rotatable bonds is 5. The fourth-order valence-electron chi connectivity index (χ4n) is 5.36. The zero-order chi connectivity index (χ0) is 32.8. The summed E-state index contributed by atoms with van der Waals surface area (Å²) in [4.78, 5) is 95.5. The van der Waals surface area contributed by atoms with Crippen molar-refractivity contribution < 1.29 is 43.4 Å². The fourth-order valence-corrected chi connectivity index (χ4v) is 5.36. The molecule has 0 saturated carbocycles. The molecule has 2 heterocycles. The molecular formula is C29H47N5O9. The molecule has 2 rings (SSSR count). The highest BCUT2D eigenvalue weighted by Crippen LogP contribution is 2.24. The minimum absolute atomic E-state index is 0.157. The third kappa shape index (κ3) is 8.66. The first-order valence-corrected chi connectivity index (χ1v) is 14.8. The molecule has 0 aromatic carbocycles. The van der Waals surface area contributed by atoms with Gasteiger partial charge in [-0.05, 0) is 31.6 Å². The number of aliphatic carboxylic acids is 1. The van der Waals surface area contributed by atoms with Crippen molar-refractivity contribution in [2.24, 2.45) is 17.8 Å². The molecule has 2 fully saturated rings. The Hall–Kier alpha value is -3.71. The van der Waals surface area contributed by atoms with Crippen molar-refractivity contribution in [3.05, 3.63) is 0 Å². The third-order valence-corrected chi connectivity index (χ3v) is 8.19. The number of carbonyl (C=O) groups excluding carboxylic acids is 6. The van der Waals surface area contributed by atoms with Crippen molar-refractivity contribution >= 4 is 41.5 Å². The molecule has 242 valence electrons. The topological polar surface area (TPSA) is 183 Å². The second-order valence-corrected chi connectivity index (χ2v) is 12.2. The molecule has 2 saturated heterocycles. The van der Waals surface area contributed by atoms with Crippen LogP contribution in [0.1, 0.15) is 67.2 Å². The van der Waals surface area contributed by atoms with E-state index in [9.17, 15) is 38.7 Å². The first kappa shape index (κ1) is 35.5. The summed E-state index contributed by atoms with van der Waals surface area (Å²) in [5.41, 5.74) is 0. The summed E-state index contributed by atoms with van der Waals surface area (Å²) in [6.45, 7) is 9.96. The normalized spacial score (nSPS) is 28.1. The summed E-state index contributed by atoms with van der Waals surface area (Å²) in [5, 5.41) is 14.8. The van der Waals surface area contributed by atoms with Crippen LogP contribution >= 0.6 is 0 Å². The number of carboxylic acid groups (broad SMARTS) is 1. The molecule has 5 amide bonds. The number of nitrogens with zero attached hydrogens (tertiary/aromatic N) is 3. The highest BCUT2D eigenvalue weighted by Gasteiger charge is 2.43. The molecule has 0 radical (unpaired) electrons. The van der Waals surface area contributed by atoms with Crippen LogP contribution in [-0.4, -0.2) is 119 Å². The first-order valence-electron chi connectivity index (χ1n) is 14.8. The molecule has 14 nitrogen and oxygen atoms in total. The minimum atomic E-state index is -1.46. The lowest BCUT2D eigenvalue weighted by Crippen LogP contribution is -2.60. The Labute approximate surface area is 252 Å². The molecule has 0 bridgehead atoms. The summed E-state index contributed by atoms with van der Waals surface area (Å²) in [6.07, 6.45) is -1.32. The van der Waals surface area contributed by atoms with Crippen molar-refractivity contribution in [3.8, 4) is 0 Å². The summed E-state index contributed by atoms with van der Waals surface area (Å²) in [5.74, 6) is -6.56. The van der Waals surface area contributed by atoms with Crippen LogP contribution in [0, 0.1) is 17.8 Å². The Kier molecular flexibility index (Phi) is 12.5. The van der Waals surface area contributed by atoms with Crippen LogP contribution in [0.4, 0.5) is 0 Å². The van der Waals surface area contributed by atoms with Gasteiger partial charge in [-0.2, -0.15) is 0 Å². The number of hydrogen-bond donors (Lipinski definition) is 3. The van der Waals surface area contributed by atoms with Crippen molar-refractivity contribution in [2.45, 2.75) is 97.5 Å². The van der Waals surface area contributed by atoms with Gasteiger partial charge in [0, 0.05) is 33.6 Å². The monoisotopic (exact) mass is 609 g/mol.